The fourth-order valence-electron chi connectivity index (χ4n) is 2.03. The van der Waals surface area contributed by atoms with Gasteiger partial charge < -0.3 is 15.4 Å². The van der Waals surface area contributed by atoms with Gasteiger partial charge in [-0.2, -0.15) is 0 Å². The number of ether oxygens (including phenoxy) is 1. The normalized spacial score (nSPS) is 18.7. The Morgan fingerprint density at radius 2 is 2.39 bits per heavy atom. The molecule has 1 aromatic carbocycles. The first-order valence-corrected chi connectivity index (χ1v) is 6.45. The largest absolute Gasteiger partial charge is 0.387 e. The van der Waals surface area contributed by atoms with Crippen molar-refractivity contribution in [2.75, 3.05) is 25.5 Å². The summed E-state index contributed by atoms with van der Waals surface area (Å²) in [5, 5.41) is 6.41. The average Bonchev–Trinajstić information content (AvgIpc) is 2.89. The third kappa shape index (κ3) is 3.15. The Morgan fingerprint density at radius 3 is 3.06 bits per heavy atom. The van der Waals surface area contributed by atoms with Crippen molar-refractivity contribution in [3.05, 3.63) is 28.8 Å². The van der Waals surface area contributed by atoms with E-state index in [0.717, 1.165) is 25.1 Å². The van der Waals surface area contributed by atoms with Crippen molar-refractivity contribution in [3.8, 4) is 0 Å². The van der Waals surface area contributed by atoms with Crippen LogP contribution in [0.1, 0.15) is 23.2 Å². The molecule has 1 unspecified atom stereocenters. The second kappa shape index (κ2) is 6.07. The number of hydrogen-bond acceptors (Lipinski definition) is 3. The number of benzene rings is 1. The number of carbonyl (C=O) groups is 1. The fraction of sp³-hybridized carbons (Fsp3) is 0.462. The SMILES string of the molecule is CNc1ccc(Cl)cc1C(=O)NCC1CCCO1. The molecule has 98 valence electrons. The Bertz CT molecular complexity index is 431. The van der Waals surface area contributed by atoms with E-state index in [1.54, 1.807) is 25.2 Å². The summed E-state index contributed by atoms with van der Waals surface area (Å²) in [6.07, 6.45) is 2.22. The average molecular weight is 269 g/mol. The zero-order chi connectivity index (χ0) is 13.0. The molecule has 0 saturated carbocycles. The Labute approximate surface area is 112 Å². The van der Waals surface area contributed by atoms with Gasteiger partial charge in [-0.1, -0.05) is 11.6 Å². The highest BCUT2D eigenvalue weighted by Crippen LogP contribution is 2.20. The molecule has 4 nitrogen and oxygen atoms in total. The van der Waals surface area contributed by atoms with Crippen LogP contribution in [0.25, 0.3) is 0 Å². The van der Waals surface area contributed by atoms with Crippen LogP contribution in [-0.4, -0.2) is 32.2 Å². The number of anilines is 1. The van der Waals surface area contributed by atoms with Crippen LogP contribution in [0.5, 0.6) is 0 Å². The van der Waals surface area contributed by atoms with Gasteiger partial charge in [-0.25, -0.2) is 0 Å². The Hall–Kier alpha value is -1.26. The zero-order valence-electron chi connectivity index (χ0n) is 10.3. The lowest BCUT2D eigenvalue weighted by molar-refractivity contribution is 0.0858. The predicted octanol–water partition coefficient (Wildman–Crippen LogP) is 2.29. The van der Waals surface area contributed by atoms with E-state index in [4.69, 9.17) is 16.3 Å². The molecular weight excluding hydrogens is 252 g/mol. The van der Waals surface area contributed by atoms with E-state index < -0.39 is 0 Å². The molecule has 2 N–H and O–H groups in total. The molecule has 1 aliphatic heterocycles. The van der Waals surface area contributed by atoms with E-state index in [1.807, 2.05) is 0 Å². The standard InChI is InChI=1S/C13H17ClN2O2/c1-15-12-5-4-9(14)7-11(12)13(17)16-8-10-3-2-6-18-10/h4-5,7,10,15H,2-3,6,8H2,1H3,(H,16,17). The molecule has 1 saturated heterocycles. The molecule has 0 radical (unpaired) electrons. The lowest BCUT2D eigenvalue weighted by Gasteiger charge is -2.13. The van der Waals surface area contributed by atoms with Gasteiger partial charge in [0, 0.05) is 30.9 Å². The van der Waals surface area contributed by atoms with E-state index >= 15 is 0 Å². The number of nitrogens with one attached hydrogen (secondary N) is 2. The highest BCUT2D eigenvalue weighted by atomic mass is 35.5. The van der Waals surface area contributed by atoms with Crippen molar-refractivity contribution in [1.29, 1.82) is 0 Å². The van der Waals surface area contributed by atoms with Crippen LogP contribution in [-0.2, 0) is 4.74 Å². The summed E-state index contributed by atoms with van der Waals surface area (Å²) in [6.45, 7) is 1.34. The van der Waals surface area contributed by atoms with Crippen LogP contribution in [0, 0.1) is 0 Å². The molecule has 1 aromatic rings. The van der Waals surface area contributed by atoms with E-state index in [2.05, 4.69) is 10.6 Å². The predicted molar refractivity (Wildman–Crippen MR) is 72.3 cm³/mol. The van der Waals surface area contributed by atoms with Crippen LogP contribution >= 0.6 is 11.6 Å². The molecule has 1 fully saturated rings. The van der Waals surface area contributed by atoms with Gasteiger partial charge in [0.05, 0.1) is 11.7 Å². The van der Waals surface area contributed by atoms with Crippen LogP contribution < -0.4 is 10.6 Å². The van der Waals surface area contributed by atoms with E-state index in [0.29, 0.717) is 17.1 Å². The fourth-order valence-corrected chi connectivity index (χ4v) is 2.20. The number of amides is 1. The van der Waals surface area contributed by atoms with Crippen molar-refractivity contribution in [2.24, 2.45) is 0 Å². The molecule has 1 amide bonds. The Balaban J connectivity index is 2.00. The lowest BCUT2D eigenvalue weighted by atomic mass is 10.1. The molecular formula is C13H17ClN2O2. The monoisotopic (exact) mass is 268 g/mol. The van der Waals surface area contributed by atoms with Crippen LogP contribution in [0.15, 0.2) is 18.2 Å². The first-order chi connectivity index (χ1) is 8.70. The van der Waals surface area contributed by atoms with Crippen LogP contribution in [0.4, 0.5) is 5.69 Å². The lowest BCUT2D eigenvalue weighted by Crippen LogP contribution is -2.32. The summed E-state index contributed by atoms with van der Waals surface area (Å²) >= 11 is 5.91. The van der Waals surface area contributed by atoms with Gasteiger partial charge in [0.15, 0.2) is 0 Å². The molecule has 0 aliphatic carbocycles. The molecule has 1 atom stereocenters. The molecule has 1 aliphatic rings. The van der Waals surface area contributed by atoms with E-state index in [-0.39, 0.29) is 12.0 Å². The van der Waals surface area contributed by atoms with Crippen molar-refractivity contribution >= 4 is 23.2 Å². The summed E-state index contributed by atoms with van der Waals surface area (Å²) in [4.78, 5) is 12.1. The molecule has 0 spiro atoms. The molecule has 0 aromatic heterocycles. The van der Waals surface area contributed by atoms with E-state index in [9.17, 15) is 4.79 Å². The second-order valence-electron chi connectivity index (χ2n) is 4.28. The molecule has 18 heavy (non-hydrogen) atoms. The molecule has 2 rings (SSSR count). The second-order valence-corrected chi connectivity index (χ2v) is 4.72. The first-order valence-electron chi connectivity index (χ1n) is 6.08. The van der Waals surface area contributed by atoms with Gasteiger partial charge in [0.25, 0.3) is 5.91 Å². The summed E-state index contributed by atoms with van der Waals surface area (Å²) < 4.78 is 5.46. The third-order valence-electron chi connectivity index (χ3n) is 3.01. The van der Waals surface area contributed by atoms with Gasteiger partial charge in [-0.05, 0) is 31.0 Å². The van der Waals surface area contributed by atoms with Gasteiger partial charge in [0.1, 0.15) is 0 Å². The Morgan fingerprint density at radius 1 is 1.56 bits per heavy atom. The molecule has 0 bridgehead atoms. The van der Waals surface area contributed by atoms with Gasteiger partial charge in [-0.3, -0.25) is 4.79 Å². The smallest absolute Gasteiger partial charge is 0.253 e. The summed E-state index contributed by atoms with van der Waals surface area (Å²) in [7, 11) is 1.78. The minimum atomic E-state index is -0.127. The zero-order valence-corrected chi connectivity index (χ0v) is 11.1. The summed E-state index contributed by atoms with van der Waals surface area (Å²) in [5.74, 6) is -0.127. The highest BCUT2D eigenvalue weighted by molar-refractivity contribution is 6.31. The van der Waals surface area contributed by atoms with Crippen LogP contribution in [0.2, 0.25) is 5.02 Å². The van der Waals surface area contributed by atoms with Crippen molar-refractivity contribution in [1.82, 2.24) is 5.32 Å². The topological polar surface area (TPSA) is 50.4 Å². The minimum Gasteiger partial charge on any atom is -0.387 e. The van der Waals surface area contributed by atoms with Gasteiger partial charge in [0.2, 0.25) is 0 Å². The number of hydrogen-bond donors (Lipinski definition) is 2. The summed E-state index contributed by atoms with van der Waals surface area (Å²) in [5.41, 5.74) is 1.33. The van der Waals surface area contributed by atoms with Gasteiger partial charge in [-0.15, -0.1) is 0 Å². The van der Waals surface area contributed by atoms with Crippen molar-refractivity contribution < 1.29 is 9.53 Å². The number of carbonyl (C=O) groups excluding carboxylic acids is 1. The first kappa shape index (κ1) is 13.2. The maximum absolute atomic E-state index is 12.1. The van der Waals surface area contributed by atoms with Gasteiger partial charge >= 0.3 is 0 Å². The minimum absolute atomic E-state index is 0.127. The van der Waals surface area contributed by atoms with Crippen molar-refractivity contribution in [2.45, 2.75) is 18.9 Å². The number of halogens is 1. The van der Waals surface area contributed by atoms with E-state index in [1.165, 1.54) is 0 Å². The third-order valence-corrected chi connectivity index (χ3v) is 3.24. The maximum Gasteiger partial charge on any atom is 0.253 e. The molecule has 5 heteroatoms. The summed E-state index contributed by atoms with van der Waals surface area (Å²) in [6, 6.07) is 5.21. The van der Waals surface area contributed by atoms with Crippen LogP contribution in [0.3, 0.4) is 0 Å². The Kier molecular flexibility index (Phi) is 4.44. The maximum atomic E-state index is 12.1. The van der Waals surface area contributed by atoms with Crippen molar-refractivity contribution in [3.63, 3.8) is 0 Å². The number of rotatable bonds is 4. The highest BCUT2D eigenvalue weighted by Gasteiger charge is 2.17. The quantitative estimate of drug-likeness (QED) is 0.881. The molecule has 1 heterocycles.